The average molecular weight is 213 g/mol. The molecule has 0 saturated carbocycles. The Bertz CT molecular complexity index is 227. The molecule has 2 amide bonds. The Morgan fingerprint density at radius 2 is 2.07 bits per heavy atom. The van der Waals surface area contributed by atoms with Crippen molar-refractivity contribution in [3.63, 3.8) is 0 Å². The molecule has 0 unspecified atom stereocenters. The minimum Gasteiger partial charge on any atom is -0.370 e. The fourth-order valence-corrected chi connectivity index (χ4v) is 1.48. The molecule has 0 aliphatic carbocycles. The van der Waals surface area contributed by atoms with E-state index < -0.39 is 0 Å². The molecule has 0 radical (unpaired) electrons. The molecule has 1 fully saturated rings. The van der Waals surface area contributed by atoms with Crippen LogP contribution in [0.4, 0.5) is 0 Å². The molecule has 1 saturated heterocycles. The second-order valence-electron chi connectivity index (χ2n) is 4.00. The molecule has 0 bridgehead atoms. The first-order valence-corrected chi connectivity index (χ1v) is 5.44. The summed E-state index contributed by atoms with van der Waals surface area (Å²) in [5.41, 5.74) is 4.99. The van der Waals surface area contributed by atoms with Crippen LogP contribution in [-0.4, -0.2) is 31.4 Å². The van der Waals surface area contributed by atoms with E-state index in [1.807, 2.05) is 0 Å². The van der Waals surface area contributed by atoms with Gasteiger partial charge >= 0.3 is 0 Å². The van der Waals surface area contributed by atoms with Crippen LogP contribution in [0, 0.1) is 5.92 Å². The van der Waals surface area contributed by atoms with Gasteiger partial charge in [-0.2, -0.15) is 0 Å². The number of nitrogens with one attached hydrogen (secondary N) is 2. The highest BCUT2D eigenvalue weighted by molar-refractivity contribution is 5.76. The van der Waals surface area contributed by atoms with Crippen molar-refractivity contribution in [2.24, 2.45) is 11.7 Å². The summed E-state index contributed by atoms with van der Waals surface area (Å²) < 4.78 is 0. The first-order chi connectivity index (χ1) is 7.18. The topological polar surface area (TPSA) is 84.2 Å². The van der Waals surface area contributed by atoms with E-state index in [2.05, 4.69) is 10.6 Å². The maximum atomic E-state index is 11.3. The minimum absolute atomic E-state index is 0.112. The third-order valence-electron chi connectivity index (χ3n) is 2.51. The molecule has 1 aliphatic heterocycles. The summed E-state index contributed by atoms with van der Waals surface area (Å²) in [7, 11) is 0. The van der Waals surface area contributed by atoms with Crippen molar-refractivity contribution in [2.75, 3.05) is 19.6 Å². The molecule has 0 spiro atoms. The van der Waals surface area contributed by atoms with Crippen molar-refractivity contribution in [1.29, 1.82) is 0 Å². The molecular weight excluding hydrogens is 194 g/mol. The van der Waals surface area contributed by atoms with Crippen molar-refractivity contribution in [3.05, 3.63) is 0 Å². The van der Waals surface area contributed by atoms with Gasteiger partial charge in [-0.1, -0.05) is 0 Å². The smallest absolute Gasteiger partial charge is 0.220 e. The average Bonchev–Trinajstić information content (AvgIpc) is 2.10. The lowest BCUT2D eigenvalue weighted by atomic mass is 9.99. The van der Waals surface area contributed by atoms with Crippen LogP contribution >= 0.6 is 0 Å². The quantitative estimate of drug-likeness (QED) is 0.492. The Morgan fingerprint density at radius 3 is 2.60 bits per heavy atom. The highest BCUT2D eigenvalue weighted by atomic mass is 16.1. The molecule has 0 aromatic rings. The molecule has 1 heterocycles. The highest BCUT2D eigenvalue weighted by Crippen LogP contribution is 2.07. The Kier molecular flexibility index (Phi) is 5.10. The second kappa shape index (κ2) is 6.40. The van der Waals surface area contributed by atoms with Crippen LogP contribution in [0.5, 0.6) is 0 Å². The number of unbranched alkanes of at least 4 members (excludes halogenated alkanes) is 1. The molecule has 0 atom stereocenters. The first-order valence-electron chi connectivity index (χ1n) is 5.44. The molecule has 1 rings (SSSR count). The lowest BCUT2D eigenvalue weighted by Gasteiger charge is -2.26. The van der Waals surface area contributed by atoms with Gasteiger partial charge in [0.15, 0.2) is 0 Å². The van der Waals surface area contributed by atoms with E-state index in [4.69, 9.17) is 5.73 Å². The molecule has 15 heavy (non-hydrogen) atoms. The number of hydrogen-bond acceptors (Lipinski definition) is 3. The predicted molar refractivity (Wildman–Crippen MR) is 57.0 cm³/mol. The van der Waals surface area contributed by atoms with E-state index in [0.29, 0.717) is 25.3 Å². The van der Waals surface area contributed by atoms with E-state index in [1.54, 1.807) is 0 Å². The van der Waals surface area contributed by atoms with Crippen LogP contribution in [0.25, 0.3) is 0 Å². The summed E-state index contributed by atoms with van der Waals surface area (Å²) in [5, 5.41) is 5.96. The molecule has 4 N–H and O–H groups in total. The van der Waals surface area contributed by atoms with E-state index in [-0.39, 0.29) is 11.8 Å². The highest BCUT2D eigenvalue weighted by Gasteiger charge is 2.19. The third kappa shape index (κ3) is 5.37. The van der Waals surface area contributed by atoms with Crippen LogP contribution in [0.3, 0.4) is 0 Å². The Hall–Kier alpha value is -1.10. The summed E-state index contributed by atoms with van der Waals surface area (Å²) in [4.78, 5) is 21.7. The summed E-state index contributed by atoms with van der Waals surface area (Å²) in [5.74, 6) is 0.345. The van der Waals surface area contributed by atoms with Crippen molar-refractivity contribution < 1.29 is 9.59 Å². The van der Waals surface area contributed by atoms with Crippen molar-refractivity contribution >= 4 is 11.8 Å². The van der Waals surface area contributed by atoms with Gasteiger partial charge in [-0.05, 0) is 31.8 Å². The fraction of sp³-hybridized carbons (Fsp3) is 0.800. The number of primary amides is 1. The lowest BCUT2D eigenvalue weighted by molar-refractivity contribution is -0.122. The fourth-order valence-electron chi connectivity index (χ4n) is 1.48. The van der Waals surface area contributed by atoms with Crippen molar-refractivity contribution in [1.82, 2.24) is 10.6 Å². The number of carbonyl (C=O) groups is 2. The molecule has 0 aromatic carbocycles. The third-order valence-corrected chi connectivity index (χ3v) is 2.51. The van der Waals surface area contributed by atoms with Gasteiger partial charge < -0.3 is 16.4 Å². The maximum absolute atomic E-state index is 11.3. The summed E-state index contributed by atoms with van der Waals surface area (Å²) in [6.45, 7) is 2.55. The predicted octanol–water partition coefficient (Wildman–Crippen LogP) is -0.632. The van der Waals surface area contributed by atoms with Gasteiger partial charge in [-0.3, -0.25) is 9.59 Å². The molecule has 1 aliphatic rings. The van der Waals surface area contributed by atoms with Gasteiger partial charge in [0.05, 0.1) is 0 Å². The van der Waals surface area contributed by atoms with Gasteiger partial charge in [0.2, 0.25) is 11.8 Å². The Morgan fingerprint density at radius 1 is 1.33 bits per heavy atom. The number of hydrogen-bond donors (Lipinski definition) is 3. The van der Waals surface area contributed by atoms with Gasteiger partial charge in [-0.15, -0.1) is 0 Å². The normalized spacial score (nSPS) is 15.7. The van der Waals surface area contributed by atoms with Crippen LogP contribution in [-0.2, 0) is 9.59 Å². The lowest BCUT2D eigenvalue weighted by Crippen LogP contribution is -2.44. The van der Waals surface area contributed by atoms with E-state index >= 15 is 0 Å². The SMILES string of the molecule is NC(=O)CCCCNC(=O)CC1CNC1. The van der Waals surface area contributed by atoms with Crippen molar-refractivity contribution in [2.45, 2.75) is 25.7 Å². The molecule has 5 nitrogen and oxygen atoms in total. The summed E-state index contributed by atoms with van der Waals surface area (Å²) >= 11 is 0. The molecular formula is C10H19N3O2. The summed E-state index contributed by atoms with van der Waals surface area (Å²) in [6.07, 6.45) is 2.59. The Labute approximate surface area is 89.8 Å². The summed E-state index contributed by atoms with van der Waals surface area (Å²) in [6, 6.07) is 0. The largest absolute Gasteiger partial charge is 0.370 e. The standard InChI is InChI=1S/C10H19N3O2/c11-9(14)3-1-2-4-13-10(15)5-8-6-12-7-8/h8,12H,1-7H2,(H2,11,14)(H,13,15). The zero-order chi connectivity index (χ0) is 11.1. The number of carbonyl (C=O) groups excluding carboxylic acids is 2. The van der Waals surface area contributed by atoms with E-state index in [9.17, 15) is 9.59 Å². The minimum atomic E-state index is -0.276. The molecule has 5 heteroatoms. The number of amides is 2. The maximum Gasteiger partial charge on any atom is 0.220 e. The second-order valence-corrected chi connectivity index (χ2v) is 4.00. The van der Waals surface area contributed by atoms with Crippen LogP contribution in [0.1, 0.15) is 25.7 Å². The van der Waals surface area contributed by atoms with Gasteiger partial charge in [0.1, 0.15) is 0 Å². The van der Waals surface area contributed by atoms with Gasteiger partial charge in [0, 0.05) is 19.4 Å². The first kappa shape index (κ1) is 12.0. The molecule has 86 valence electrons. The van der Waals surface area contributed by atoms with E-state index in [1.165, 1.54) is 0 Å². The van der Waals surface area contributed by atoms with Gasteiger partial charge in [0.25, 0.3) is 0 Å². The van der Waals surface area contributed by atoms with Crippen molar-refractivity contribution in [3.8, 4) is 0 Å². The number of rotatable bonds is 7. The number of nitrogens with two attached hydrogens (primary N) is 1. The molecule has 0 aromatic heterocycles. The van der Waals surface area contributed by atoms with Crippen LogP contribution in [0.15, 0.2) is 0 Å². The van der Waals surface area contributed by atoms with Crippen LogP contribution in [0.2, 0.25) is 0 Å². The Balaban J connectivity index is 1.90. The zero-order valence-corrected chi connectivity index (χ0v) is 8.92. The van der Waals surface area contributed by atoms with Gasteiger partial charge in [-0.25, -0.2) is 0 Å². The zero-order valence-electron chi connectivity index (χ0n) is 8.92. The monoisotopic (exact) mass is 213 g/mol. The van der Waals surface area contributed by atoms with E-state index in [0.717, 1.165) is 25.9 Å². The van der Waals surface area contributed by atoms with Crippen LogP contribution < -0.4 is 16.4 Å².